The number of nitrogens with two attached hydrogens (primary N) is 1. The van der Waals surface area contributed by atoms with Gasteiger partial charge in [0.25, 0.3) is 0 Å². The number of hydrogen-bond donors (Lipinski definition) is 2. The number of benzene rings is 1. The first kappa shape index (κ1) is 12.0. The summed E-state index contributed by atoms with van der Waals surface area (Å²) in [6.45, 7) is 0.969. The number of nitrogens with one attached hydrogen (secondary N) is 1. The van der Waals surface area contributed by atoms with E-state index in [9.17, 15) is 4.39 Å². The van der Waals surface area contributed by atoms with Crippen LogP contribution in [-0.4, -0.2) is 16.5 Å². The van der Waals surface area contributed by atoms with Crippen molar-refractivity contribution in [2.45, 2.75) is 18.9 Å². The van der Waals surface area contributed by atoms with E-state index < -0.39 is 0 Å². The first-order chi connectivity index (χ1) is 9.24. The van der Waals surface area contributed by atoms with Gasteiger partial charge in [0.1, 0.15) is 5.82 Å². The first-order valence-corrected chi connectivity index (χ1v) is 6.36. The predicted molar refractivity (Wildman–Crippen MR) is 71.8 cm³/mol. The van der Waals surface area contributed by atoms with Crippen molar-refractivity contribution in [2.75, 3.05) is 12.3 Å². The van der Waals surface area contributed by atoms with Crippen molar-refractivity contribution >= 4 is 5.95 Å². The molecule has 3 N–H and O–H groups in total. The van der Waals surface area contributed by atoms with Crippen LogP contribution in [0.1, 0.15) is 24.6 Å². The summed E-state index contributed by atoms with van der Waals surface area (Å²) >= 11 is 0. The van der Waals surface area contributed by atoms with Crippen LogP contribution in [0.5, 0.6) is 0 Å². The summed E-state index contributed by atoms with van der Waals surface area (Å²) in [6, 6.07) is 6.63. The fourth-order valence-corrected chi connectivity index (χ4v) is 2.47. The molecule has 2 heterocycles. The minimum absolute atomic E-state index is 0.170. The predicted octanol–water partition coefficient (Wildman–Crippen LogP) is 2.29. The van der Waals surface area contributed by atoms with E-state index in [0.29, 0.717) is 0 Å². The molecule has 0 saturated carbocycles. The van der Waals surface area contributed by atoms with Crippen molar-refractivity contribution in [3.8, 4) is 11.1 Å². The van der Waals surface area contributed by atoms with Gasteiger partial charge in [0.05, 0.1) is 11.7 Å². The quantitative estimate of drug-likeness (QED) is 0.867. The van der Waals surface area contributed by atoms with Crippen LogP contribution in [0.25, 0.3) is 11.1 Å². The molecular formula is C14H15FN4. The number of anilines is 1. The highest BCUT2D eigenvalue weighted by Gasteiger charge is 2.22. The van der Waals surface area contributed by atoms with Crippen molar-refractivity contribution in [1.82, 2.24) is 15.3 Å². The van der Waals surface area contributed by atoms with E-state index in [0.717, 1.165) is 36.2 Å². The van der Waals surface area contributed by atoms with Gasteiger partial charge in [-0.3, -0.25) is 0 Å². The molecule has 1 fully saturated rings. The zero-order valence-corrected chi connectivity index (χ0v) is 10.4. The van der Waals surface area contributed by atoms with E-state index >= 15 is 0 Å². The number of aromatic nitrogens is 2. The number of nitrogen functional groups attached to an aromatic ring is 1. The van der Waals surface area contributed by atoms with Crippen LogP contribution >= 0.6 is 0 Å². The number of rotatable bonds is 2. The molecule has 0 spiro atoms. The Kier molecular flexibility index (Phi) is 3.13. The van der Waals surface area contributed by atoms with Crippen LogP contribution in [-0.2, 0) is 0 Å². The highest BCUT2D eigenvalue weighted by atomic mass is 19.1. The zero-order chi connectivity index (χ0) is 13.2. The summed E-state index contributed by atoms with van der Waals surface area (Å²) in [6.07, 6.45) is 3.79. The first-order valence-electron chi connectivity index (χ1n) is 6.36. The third kappa shape index (κ3) is 2.42. The number of hydrogen-bond acceptors (Lipinski definition) is 4. The van der Waals surface area contributed by atoms with Gasteiger partial charge in [0.2, 0.25) is 5.95 Å². The molecule has 0 radical (unpaired) electrons. The molecule has 0 amide bonds. The van der Waals surface area contributed by atoms with Gasteiger partial charge >= 0.3 is 0 Å². The molecule has 19 heavy (non-hydrogen) atoms. The maximum atomic E-state index is 13.4. The van der Waals surface area contributed by atoms with Crippen molar-refractivity contribution < 1.29 is 4.39 Å². The Hall–Kier alpha value is -2.01. The lowest BCUT2D eigenvalue weighted by Crippen LogP contribution is -2.16. The van der Waals surface area contributed by atoms with Gasteiger partial charge in [0.15, 0.2) is 0 Å². The van der Waals surface area contributed by atoms with Crippen LogP contribution in [0.15, 0.2) is 30.5 Å². The average molecular weight is 258 g/mol. The summed E-state index contributed by atoms with van der Waals surface area (Å²) in [5, 5.41) is 3.39. The van der Waals surface area contributed by atoms with Gasteiger partial charge in [0, 0.05) is 11.8 Å². The molecule has 1 aromatic heterocycles. The summed E-state index contributed by atoms with van der Waals surface area (Å²) < 4.78 is 13.4. The van der Waals surface area contributed by atoms with Crippen molar-refractivity contribution in [3.63, 3.8) is 0 Å². The number of halogens is 1. The van der Waals surface area contributed by atoms with Crippen LogP contribution in [0.4, 0.5) is 10.3 Å². The smallest absolute Gasteiger partial charge is 0.220 e. The molecule has 1 atom stereocenters. The van der Waals surface area contributed by atoms with Gasteiger partial charge in [-0.05, 0) is 37.1 Å². The molecule has 1 aromatic carbocycles. The lowest BCUT2D eigenvalue weighted by atomic mass is 10.0. The van der Waals surface area contributed by atoms with Crippen molar-refractivity contribution in [3.05, 3.63) is 42.0 Å². The third-order valence-corrected chi connectivity index (χ3v) is 3.36. The molecule has 0 aliphatic carbocycles. The summed E-state index contributed by atoms with van der Waals surface area (Å²) in [7, 11) is 0. The highest BCUT2D eigenvalue weighted by Crippen LogP contribution is 2.31. The van der Waals surface area contributed by atoms with Gasteiger partial charge in [-0.2, -0.15) is 0 Å². The standard InChI is InChI=1S/C14H15FN4/c15-10-4-1-3-9(7-10)11-8-18-14(16)19-13(11)12-5-2-6-17-12/h1,3-4,7-8,12,17H,2,5-6H2,(H2,16,18,19). The van der Waals surface area contributed by atoms with E-state index in [-0.39, 0.29) is 17.8 Å². The molecular weight excluding hydrogens is 243 g/mol. The van der Waals surface area contributed by atoms with Crippen LogP contribution < -0.4 is 11.1 Å². The average Bonchev–Trinajstić information content (AvgIpc) is 2.92. The maximum absolute atomic E-state index is 13.4. The minimum Gasteiger partial charge on any atom is -0.368 e. The van der Waals surface area contributed by atoms with Crippen molar-refractivity contribution in [2.24, 2.45) is 0 Å². The Bertz CT molecular complexity index is 594. The van der Waals surface area contributed by atoms with Gasteiger partial charge in [-0.1, -0.05) is 12.1 Å². The molecule has 1 aliphatic heterocycles. The van der Waals surface area contributed by atoms with E-state index in [4.69, 9.17) is 5.73 Å². The normalized spacial score (nSPS) is 18.7. The Labute approximate surface area is 110 Å². The minimum atomic E-state index is -0.264. The molecule has 1 saturated heterocycles. The summed E-state index contributed by atoms with van der Waals surface area (Å²) in [5.41, 5.74) is 8.16. The Morgan fingerprint density at radius 2 is 2.26 bits per heavy atom. The largest absolute Gasteiger partial charge is 0.368 e. The topological polar surface area (TPSA) is 63.8 Å². The SMILES string of the molecule is Nc1ncc(-c2cccc(F)c2)c(C2CCCN2)n1. The monoisotopic (exact) mass is 258 g/mol. The second kappa shape index (κ2) is 4.93. The second-order valence-electron chi connectivity index (χ2n) is 4.69. The molecule has 0 bridgehead atoms. The summed E-state index contributed by atoms with van der Waals surface area (Å²) in [5.74, 6) is -0.0106. The highest BCUT2D eigenvalue weighted by molar-refractivity contribution is 5.66. The van der Waals surface area contributed by atoms with Gasteiger partial charge < -0.3 is 11.1 Å². The lowest BCUT2D eigenvalue weighted by molar-refractivity contribution is 0.624. The van der Waals surface area contributed by atoms with E-state index in [1.807, 2.05) is 6.07 Å². The van der Waals surface area contributed by atoms with Crippen molar-refractivity contribution in [1.29, 1.82) is 0 Å². The maximum Gasteiger partial charge on any atom is 0.220 e. The van der Waals surface area contributed by atoms with Crippen LogP contribution in [0, 0.1) is 5.82 Å². The Morgan fingerprint density at radius 1 is 1.37 bits per heavy atom. The van der Waals surface area contributed by atoms with E-state index in [1.165, 1.54) is 12.1 Å². The zero-order valence-electron chi connectivity index (χ0n) is 10.4. The fraction of sp³-hybridized carbons (Fsp3) is 0.286. The van der Waals surface area contributed by atoms with Crippen LogP contribution in [0.2, 0.25) is 0 Å². The van der Waals surface area contributed by atoms with Gasteiger partial charge in [-0.25, -0.2) is 14.4 Å². The fourth-order valence-electron chi connectivity index (χ4n) is 2.47. The second-order valence-corrected chi connectivity index (χ2v) is 4.69. The molecule has 2 aromatic rings. The molecule has 1 unspecified atom stereocenters. The molecule has 3 rings (SSSR count). The molecule has 98 valence electrons. The van der Waals surface area contributed by atoms with E-state index in [1.54, 1.807) is 12.3 Å². The van der Waals surface area contributed by atoms with Gasteiger partial charge in [-0.15, -0.1) is 0 Å². The van der Waals surface area contributed by atoms with E-state index in [2.05, 4.69) is 15.3 Å². The number of nitrogens with zero attached hydrogens (tertiary/aromatic N) is 2. The molecule has 1 aliphatic rings. The van der Waals surface area contributed by atoms with Crippen LogP contribution in [0.3, 0.4) is 0 Å². The Balaban J connectivity index is 2.09. The Morgan fingerprint density at radius 3 is 3.00 bits per heavy atom. The molecule has 5 heteroatoms. The lowest BCUT2D eigenvalue weighted by Gasteiger charge is -2.15. The third-order valence-electron chi connectivity index (χ3n) is 3.36. The summed E-state index contributed by atoms with van der Waals surface area (Å²) in [4.78, 5) is 8.38. The molecule has 4 nitrogen and oxygen atoms in total.